The Balaban J connectivity index is 2.63. The van der Waals surface area contributed by atoms with Crippen molar-refractivity contribution >= 4 is 0 Å². The first-order chi connectivity index (χ1) is 8.44. The highest BCUT2D eigenvalue weighted by Crippen LogP contribution is 2.19. The Morgan fingerprint density at radius 3 is 2.72 bits per heavy atom. The molecular formula is C11H14F4N2O. The number of hydrogen-bond acceptors (Lipinski definition) is 3. The van der Waals surface area contributed by atoms with Gasteiger partial charge in [0.25, 0.3) is 0 Å². The van der Waals surface area contributed by atoms with E-state index in [1.54, 1.807) is 6.92 Å². The first-order valence-electron chi connectivity index (χ1n) is 5.41. The fraction of sp³-hybridized carbons (Fsp3) is 0.545. The summed E-state index contributed by atoms with van der Waals surface area (Å²) in [4.78, 5) is 3.58. The van der Waals surface area contributed by atoms with E-state index in [1.807, 2.05) is 0 Å². The molecule has 102 valence electrons. The molecule has 1 aromatic heterocycles. The molecule has 0 fully saturated rings. The fourth-order valence-corrected chi connectivity index (χ4v) is 1.47. The van der Waals surface area contributed by atoms with E-state index in [-0.39, 0.29) is 12.2 Å². The molecule has 18 heavy (non-hydrogen) atoms. The highest BCUT2D eigenvalue weighted by Gasteiger charge is 2.28. The van der Waals surface area contributed by atoms with Crippen LogP contribution in [-0.4, -0.2) is 30.9 Å². The second kappa shape index (κ2) is 6.65. The van der Waals surface area contributed by atoms with Gasteiger partial charge in [0.15, 0.2) is 0 Å². The van der Waals surface area contributed by atoms with Crippen molar-refractivity contribution in [1.82, 2.24) is 10.3 Å². The molecule has 0 bridgehead atoms. The zero-order chi connectivity index (χ0) is 13.6. The lowest BCUT2D eigenvalue weighted by molar-refractivity contribution is -0.175. The molecule has 0 radical (unpaired) electrons. The quantitative estimate of drug-likeness (QED) is 0.803. The predicted molar refractivity (Wildman–Crippen MR) is 57.5 cm³/mol. The predicted octanol–water partition coefficient (Wildman–Crippen LogP) is 2.45. The van der Waals surface area contributed by atoms with Crippen LogP contribution >= 0.6 is 0 Å². The Labute approximate surface area is 102 Å². The van der Waals surface area contributed by atoms with Crippen molar-refractivity contribution in [3.63, 3.8) is 0 Å². The van der Waals surface area contributed by atoms with Crippen LogP contribution in [0.15, 0.2) is 18.5 Å². The third kappa shape index (κ3) is 4.97. The number of alkyl halides is 3. The second-order valence-corrected chi connectivity index (χ2v) is 3.64. The summed E-state index contributed by atoms with van der Waals surface area (Å²) in [6, 6.07) is 0.792. The number of hydrogen-bond donors (Lipinski definition) is 1. The summed E-state index contributed by atoms with van der Waals surface area (Å²) < 4.78 is 53.8. The lowest BCUT2D eigenvalue weighted by Crippen LogP contribution is -2.28. The number of ether oxygens (including phenoxy) is 1. The molecule has 0 saturated heterocycles. The van der Waals surface area contributed by atoms with E-state index in [1.165, 1.54) is 12.3 Å². The minimum atomic E-state index is -4.38. The third-order valence-corrected chi connectivity index (χ3v) is 2.18. The van der Waals surface area contributed by atoms with Crippen molar-refractivity contribution in [2.24, 2.45) is 0 Å². The first kappa shape index (κ1) is 14.8. The van der Waals surface area contributed by atoms with Gasteiger partial charge in [0.2, 0.25) is 0 Å². The van der Waals surface area contributed by atoms with E-state index in [0.29, 0.717) is 6.54 Å². The van der Waals surface area contributed by atoms with Crippen LogP contribution in [0.4, 0.5) is 17.6 Å². The number of likely N-dealkylation sites (N-methyl/N-ethyl adjacent to an activating group) is 1. The number of aromatic nitrogens is 1. The summed E-state index contributed by atoms with van der Waals surface area (Å²) in [5.41, 5.74) is 0.244. The average molecular weight is 266 g/mol. The summed E-state index contributed by atoms with van der Waals surface area (Å²) in [7, 11) is 0. The van der Waals surface area contributed by atoms with Crippen LogP contribution < -0.4 is 5.32 Å². The lowest BCUT2D eigenvalue weighted by atomic mass is 10.1. The van der Waals surface area contributed by atoms with Crippen LogP contribution in [-0.2, 0) is 4.74 Å². The maximum absolute atomic E-state index is 13.4. The van der Waals surface area contributed by atoms with Crippen LogP contribution in [0.3, 0.4) is 0 Å². The molecule has 0 aromatic carbocycles. The van der Waals surface area contributed by atoms with Gasteiger partial charge in [0, 0.05) is 11.8 Å². The number of nitrogens with one attached hydrogen (secondary N) is 1. The highest BCUT2D eigenvalue weighted by atomic mass is 19.4. The zero-order valence-corrected chi connectivity index (χ0v) is 9.80. The number of halogens is 4. The average Bonchev–Trinajstić information content (AvgIpc) is 2.27. The third-order valence-electron chi connectivity index (χ3n) is 2.18. The SMILES string of the molecule is CCNC(COCC(F)(F)F)c1ccncc1F. The number of rotatable bonds is 6. The molecular weight excluding hydrogens is 252 g/mol. The Bertz CT molecular complexity index is 370. The molecule has 1 rings (SSSR count). The molecule has 1 unspecified atom stereocenters. The van der Waals surface area contributed by atoms with Gasteiger partial charge in [-0.1, -0.05) is 6.92 Å². The summed E-state index contributed by atoms with van der Waals surface area (Å²) in [6.45, 7) is 0.660. The molecule has 1 N–H and O–H groups in total. The second-order valence-electron chi connectivity index (χ2n) is 3.64. The fourth-order valence-electron chi connectivity index (χ4n) is 1.47. The van der Waals surface area contributed by atoms with Gasteiger partial charge in [-0.25, -0.2) is 4.39 Å². The van der Waals surface area contributed by atoms with Crippen LogP contribution in [0, 0.1) is 5.82 Å². The monoisotopic (exact) mass is 266 g/mol. The van der Waals surface area contributed by atoms with Crippen LogP contribution in [0.2, 0.25) is 0 Å². The van der Waals surface area contributed by atoms with E-state index in [9.17, 15) is 17.6 Å². The molecule has 7 heteroatoms. The molecule has 0 aliphatic heterocycles. The minimum absolute atomic E-state index is 0.244. The van der Waals surface area contributed by atoms with Crippen molar-refractivity contribution in [3.8, 4) is 0 Å². The minimum Gasteiger partial charge on any atom is -0.370 e. The normalized spacial score (nSPS) is 13.6. The maximum atomic E-state index is 13.4. The molecule has 1 aromatic rings. The molecule has 1 heterocycles. The Hall–Kier alpha value is -1.21. The highest BCUT2D eigenvalue weighted by molar-refractivity contribution is 5.17. The summed E-state index contributed by atoms with van der Waals surface area (Å²) in [5, 5.41) is 2.87. The van der Waals surface area contributed by atoms with Crippen LogP contribution in [0.25, 0.3) is 0 Å². The Morgan fingerprint density at radius 1 is 1.44 bits per heavy atom. The first-order valence-corrected chi connectivity index (χ1v) is 5.41. The van der Waals surface area contributed by atoms with Gasteiger partial charge < -0.3 is 10.1 Å². The van der Waals surface area contributed by atoms with Crippen molar-refractivity contribution in [2.75, 3.05) is 19.8 Å². The lowest BCUT2D eigenvalue weighted by Gasteiger charge is -2.19. The molecule has 0 saturated carbocycles. The largest absolute Gasteiger partial charge is 0.411 e. The topological polar surface area (TPSA) is 34.1 Å². The van der Waals surface area contributed by atoms with Gasteiger partial charge in [-0.05, 0) is 12.6 Å². The summed E-state index contributed by atoms with van der Waals surface area (Å²) in [5.74, 6) is -0.570. The molecule has 0 amide bonds. The van der Waals surface area contributed by atoms with Gasteiger partial charge in [-0.15, -0.1) is 0 Å². The Morgan fingerprint density at radius 2 is 2.17 bits per heavy atom. The van der Waals surface area contributed by atoms with E-state index in [4.69, 9.17) is 0 Å². The van der Waals surface area contributed by atoms with E-state index in [2.05, 4.69) is 15.0 Å². The molecule has 0 aliphatic rings. The van der Waals surface area contributed by atoms with Gasteiger partial charge in [-0.3, -0.25) is 4.98 Å². The van der Waals surface area contributed by atoms with Crippen LogP contribution in [0.5, 0.6) is 0 Å². The Kier molecular flexibility index (Phi) is 5.49. The zero-order valence-electron chi connectivity index (χ0n) is 9.80. The van der Waals surface area contributed by atoms with Gasteiger partial charge in [-0.2, -0.15) is 13.2 Å². The van der Waals surface area contributed by atoms with Crippen molar-refractivity contribution in [1.29, 1.82) is 0 Å². The molecule has 0 aliphatic carbocycles. The van der Waals surface area contributed by atoms with Gasteiger partial charge >= 0.3 is 6.18 Å². The molecule has 3 nitrogen and oxygen atoms in total. The van der Waals surface area contributed by atoms with Crippen molar-refractivity contribution < 1.29 is 22.3 Å². The van der Waals surface area contributed by atoms with E-state index in [0.717, 1.165) is 6.20 Å². The molecule has 0 spiro atoms. The summed E-state index contributed by atoms with van der Waals surface area (Å²) >= 11 is 0. The van der Waals surface area contributed by atoms with Crippen molar-refractivity contribution in [3.05, 3.63) is 29.8 Å². The number of nitrogens with zero attached hydrogens (tertiary/aromatic N) is 1. The standard InChI is InChI=1S/C11H14F4N2O/c1-2-17-10(6-18-7-11(13,14)15)8-3-4-16-5-9(8)12/h3-5,10,17H,2,6-7H2,1H3. The summed E-state index contributed by atoms with van der Waals surface area (Å²) in [6.07, 6.45) is -1.98. The van der Waals surface area contributed by atoms with Crippen molar-refractivity contribution in [2.45, 2.75) is 19.1 Å². The molecule has 1 atom stereocenters. The smallest absolute Gasteiger partial charge is 0.370 e. The van der Waals surface area contributed by atoms with E-state index < -0.39 is 24.6 Å². The van der Waals surface area contributed by atoms with Crippen LogP contribution in [0.1, 0.15) is 18.5 Å². The maximum Gasteiger partial charge on any atom is 0.411 e. The van der Waals surface area contributed by atoms with Gasteiger partial charge in [0.1, 0.15) is 12.4 Å². The number of pyridine rings is 1. The van der Waals surface area contributed by atoms with Gasteiger partial charge in [0.05, 0.1) is 18.8 Å². The van der Waals surface area contributed by atoms with E-state index >= 15 is 0 Å².